The highest BCUT2D eigenvalue weighted by molar-refractivity contribution is 7.99. The Balaban J connectivity index is 1.59. The van der Waals surface area contributed by atoms with Crippen molar-refractivity contribution in [3.05, 3.63) is 29.8 Å². The minimum Gasteiger partial charge on any atom is -0.352 e. The van der Waals surface area contributed by atoms with Crippen LogP contribution in [0, 0.1) is 18.8 Å². The zero-order valence-electron chi connectivity index (χ0n) is 15.0. The Morgan fingerprint density at radius 1 is 1.36 bits per heavy atom. The summed E-state index contributed by atoms with van der Waals surface area (Å²) in [5.74, 6) is 1.57. The van der Waals surface area contributed by atoms with Crippen LogP contribution in [-0.2, 0) is 4.79 Å². The van der Waals surface area contributed by atoms with Crippen LogP contribution in [0.25, 0.3) is 5.69 Å². The van der Waals surface area contributed by atoms with Crippen LogP contribution in [0.3, 0.4) is 0 Å². The Labute approximate surface area is 152 Å². The topological polar surface area (TPSA) is 72.7 Å². The van der Waals surface area contributed by atoms with Crippen LogP contribution in [0.5, 0.6) is 0 Å². The second-order valence-corrected chi connectivity index (χ2v) is 7.88. The number of thioether (sulfide) groups is 1. The smallest absolute Gasteiger partial charge is 0.230 e. The summed E-state index contributed by atoms with van der Waals surface area (Å²) in [6.45, 7) is 6.54. The minimum absolute atomic E-state index is 0.0507. The molecule has 7 heteroatoms. The molecule has 0 radical (unpaired) electrons. The van der Waals surface area contributed by atoms with Crippen LogP contribution in [-0.4, -0.2) is 37.9 Å². The predicted molar refractivity (Wildman–Crippen MR) is 98.7 cm³/mol. The van der Waals surface area contributed by atoms with Gasteiger partial charge in [0, 0.05) is 6.04 Å². The molecule has 0 unspecified atom stereocenters. The maximum absolute atomic E-state index is 12.4. The van der Waals surface area contributed by atoms with E-state index in [4.69, 9.17) is 0 Å². The van der Waals surface area contributed by atoms with Gasteiger partial charge in [0.1, 0.15) is 0 Å². The molecule has 0 aliphatic heterocycles. The molecule has 1 heterocycles. The fourth-order valence-electron chi connectivity index (χ4n) is 3.35. The van der Waals surface area contributed by atoms with Gasteiger partial charge < -0.3 is 5.32 Å². The summed E-state index contributed by atoms with van der Waals surface area (Å²) in [7, 11) is 0. The minimum atomic E-state index is 0.0507. The molecule has 1 fully saturated rings. The molecule has 3 rings (SSSR count). The molecule has 1 aliphatic rings. The van der Waals surface area contributed by atoms with Gasteiger partial charge in [-0.25, -0.2) is 0 Å². The van der Waals surface area contributed by atoms with Crippen LogP contribution >= 0.6 is 11.8 Å². The first-order valence-corrected chi connectivity index (χ1v) is 9.80. The van der Waals surface area contributed by atoms with E-state index >= 15 is 0 Å². The molecule has 1 N–H and O–H groups in total. The Morgan fingerprint density at radius 3 is 3.00 bits per heavy atom. The van der Waals surface area contributed by atoms with E-state index in [0.29, 0.717) is 22.7 Å². The highest BCUT2D eigenvalue weighted by Crippen LogP contribution is 2.29. The second kappa shape index (κ2) is 7.99. The van der Waals surface area contributed by atoms with Crippen molar-refractivity contribution in [2.75, 3.05) is 5.75 Å². The molecular weight excluding hydrogens is 334 g/mol. The summed E-state index contributed by atoms with van der Waals surface area (Å²) in [4.78, 5) is 12.4. The van der Waals surface area contributed by atoms with Crippen molar-refractivity contribution in [2.45, 2.75) is 51.2 Å². The number of carbonyl (C=O) groups is 1. The fraction of sp³-hybridized carbons (Fsp3) is 0.556. The molecule has 1 aromatic heterocycles. The second-order valence-electron chi connectivity index (χ2n) is 6.94. The normalized spacial score (nSPS) is 23.4. The first-order chi connectivity index (χ1) is 12.0. The molecule has 1 aromatic carbocycles. The molecule has 1 amide bonds. The Morgan fingerprint density at radius 2 is 2.20 bits per heavy atom. The highest BCUT2D eigenvalue weighted by atomic mass is 32.2. The monoisotopic (exact) mass is 359 g/mol. The van der Waals surface area contributed by atoms with Crippen LogP contribution in [0.15, 0.2) is 29.4 Å². The zero-order valence-corrected chi connectivity index (χ0v) is 15.8. The fourth-order valence-corrected chi connectivity index (χ4v) is 4.06. The quantitative estimate of drug-likeness (QED) is 0.831. The van der Waals surface area contributed by atoms with Crippen molar-refractivity contribution in [3.8, 4) is 5.69 Å². The number of rotatable bonds is 5. The first kappa shape index (κ1) is 17.9. The van der Waals surface area contributed by atoms with Crippen molar-refractivity contribution in [2.24, 2.45) is 11.8 Å². The van der Waals surface area contributed by atoms with Gasteiger partial charge >= 0.3 is 0 Å². The van der Waals surface area contributed by atoms with E-state index in [1.54, 1.807) is 4.68 Å². The number of aryl methyl sites for hydroxylation is 1. The lowest BCUT2D eigenvalue weighted by atomic mass is 9.78. The van der Waals surface area contributed by atoms with E-state index in [1.165, 1.54) is 24.6 Å². The summed E-state index contributed by atoms with van der Waals surface area (Å²) in [5.41, 5.74) is 2.05. The maximum Gasteiger partial charge on any atom is 0.230 e. The summed E-state index contributed by atoms with van der Waals surface area (Å²) in [6.07, 6.45) is 3.52. The van der Waals surface area contributed by atoms with E-state index in [-0.39, 0.29) is 11.9 Å². The van der Waals surface area contributed by atoms with Gasteiger partial charge in [-0.15, -0.1) is 5.10 Å². The SMILES string of the molecule is Cc1cccc(-n2nnnc2SCC(=O)N[C@H]2CCC[C@@H](C)[C@H]2C)c1. The summed E-state index contributed by atoms with van der Waals surface area (Å²) >= 11 is 1.37. The molecule has 2 aromatic rings. The predicted octanol–water partition coefficient (Wildman–Crippen LogP) is 3.00. The van der Waals surface area contributed by atoms with Crippen molar-refractivity contribution in [1.82, 2.24) is 25.5 Å². The third-order valence-corrected chi connectivity index (χ3v) is 5.99. The zero-order chi connectivity index (χ0) is 17.8. The number of tetrazole rings is 1. The maximum atomic E-state index is 12.4. The molecule has 0 saturated heterocycles. The number of hydrogen-bond donors (Lipinski definition) is 1. The number of hydrogen-bond acceptors (Lipinski definition) is 5. The summed E-state index contributed by atoms with van der Waals surface area (Å²) in [6, 6.07) is 8.26. The lowest BCUT2D eigenvalue weighted by molar-refractivity contribution is -0.120. The van der Waals surface area contributed by atoms with Crippen molar-refractivity contribution < 1.29 is 4.79 Å². The van der Waals surface area contributed by atoms with Gasteiger partial charge in [-0.2, -0.15) is 4.68 Å². The number of nitrogens with zero attached hydrogens (tertiary/aromatic N) is 4. The molecule has 3 atom stereocenters. The first-order valence-electron chi connectivity index (χ1n) is 8.82. The largest absolute Gasteiger partial charge is 0.352 e. The van der Waals surface area contributed by atoms with Crippen LogP contribution in [0.4, 0.5) is 0 Å². The molecule has 134 valence electrons. The Kier molecular flexibility index (Phi) is 5.73. The van der Waals surface area contributed by atoms with Gasteiger partial charge in [0.2, 0.25) is 11.1 Å². The van der Waals surface area contributed by atoms with Gasteiger partial charge in [0.15, 0.2) is 0 Å². The number of nitrogens with one attached hydrogen (secondary N) is 1. The van der Waals surface area contributed by atoms with Crippen LogP contribution in [0.1, 0.15) is 38.7 Å². The van der Waals surface area contributed by atoms with Crippen molar-refractivity contribution >= 4 is 17.7 Å². The van der Waals surface area contributed by atoms with Gasteiger partial charge in [-0.3, -0.25) is 4.79 Å². The average Bonchev–Trinajstić information content (AvgIpc) is 3.06. The van der Waals surface area contributed by atoms with E-state index < -0.39 is 0 Å². The molecule has 1 saturated carbocycles. The lowest BCUT2D eigenvalue weighted by Gasteiger charge is -2.34. The Bertz CT molecular complexity index is 732. The average molecular weight is 359 g/mol. The number of amides is 1. The summed E-state index contributed by atoms with van der Waals surface area (Å²) in [5, 5.41) is 15.7. The molecule has 1 aliphatic carbocycles. The number of aromatic nitrogens is 4. The van der Waals surface area contributed by atoms with E-state index in [2.05, 4.69) is 34.7 Å². The number of benzene rings is 1. The van der Waals surface area contributed by atoms with Crippen LogP contribution in [0.2, 0.25) is 0 Å². The highest BCUT2D eigenvalue weighted by Gasteiger charge is 2.28. The molecular formula is C18H25N5OS. The van der Waals surface area contributed by atoms with Gasteiger partial charge in [0.25, 0.3) is 0 Å². The van der Waals surface area contributed by atoms with Gasteiger partial charge in [-0.1, -0.05) is 50.6 Å². The van der Waals surface area contributed by atoms with Crippen molar-refractivity contribution in [3.63, 3.8) is 0 Å². The standard InChI is InChI=1S/C18H25N5OS/c1-12-6-4-8-15(10-12)23-18(20-21-22-23)25-11-17(24)19-16-9-5-7-13(2)14(16)3/h4,6,8,10,13-14,16H,5,7,9,11H2,1-3H3,(H,19,24)/t13-,14-,16+/m1/s1. The lowest BCUT2D eigenvalue weighted by Crippen LogP contribution is -2.44. The van der Waals surface area contributed by atoms with Crippen molar-refractivity contribution in [1.29, 1.82) is 0 Å². The molecule has 6 nitrogen and oxygen atoms in total. The van der Waals surface area contributed by atoms with Gasteiger partial charge in [0.05, 0.1) is 11.4 Å². The van der Waals surface area contributed by atoms with E-state index in [0.717, 1.165) is 17.7 Å². The molecule has 0 bridgehead atoms. The van der Waals surface area contributed by atoms with E-state index in [1.807, 2.05) is 31.2 Å². The van der Waals surface area contributed by atoms with E-state index in [9.17, 15) is 4.79 Å². The Hall–Kier alpha value is -1.89. The van der Waals surface area contributed by atoms with Gasteiger partial charge in [-0.05, 0) is 53.3 Å². The summed E-state index contributed by atoms with van der Waals surface area (Å²) < 4.78 is 1.68. The molecule has 0 spiro atoms. The molecule has 25 heavy (non-hydrogen) atoms. The third kappa shape index (κ3) is 4.39. The number of carbonyl (C=O) groups excluding carboxylic acids is 1. The third-order valence-electron chi connectivity index (χ3n) is 5.07. The van der Waals surface area contributed by atoms with Crippen LogP contribution < -0.4 is 5.32 Å².